The van der Waals surface area contributed by atoms with Crippen LogP contribution in [-0.2, 0) is 16.0 Å². The van der Waals surface area contributed by atoms with E-state index in [4.69, 9.17) is 10.5 Å². The van der Waals surface area contributed by atoms with E-state index in [2.05, 4.69) is 10.1 Å². The van der Waals surface area contributed by atoms with Gasteiger partial charge in [-0.15, -0.1) is 0 Å². The van der Waals surface area contributed by atoms with Crippen LogP contribution in [0.25, 0.3) is 11.1 Å². The molecule has 0 bridgehead atoms. The van der Waals surface area contributed by atoms with Crippen molar-refractivity contribution in [3.8, 4) is 11.1 Å². The highest BCUT2D eigenvalue weighted by atomic mass is 19.1. The van der Waals surface area contributed by atoms with Gasteiger partial charge in [0.05, 0.1) is 12.7 Å². The van der Waals surface area contributed by atoms with Gasteiger partial charge in [0.1, 0.15) is 11.4 Å². The van der Waals surface area contributed by atoms with Gasteiger partial charge in [-0.25, -0.2) is 14.0 Å². The van der Waals surface area contributed by atoms with Crippen molar-refractivity contribution >= 4 is 17.7 Å². The second kappa shape index (κ2) is 8.07. The molecule has 0 aliphatic heterocycles. The number of benzene rings is 2. The van der Waals surface area contributed by atoms with Gasteiger partial charge in [-0.3, -0.25) is 0 Å². The number of nitrogens with one attached hydrogen (secondary N) is 1. The zero-order valence-corrected chi connectivity index (χ0v) is 15.8. The molecule has 0 spiro atoms. The number of anilines is 1. The summed E-state index contributed by atoms with van der Waals surface area (Å²) in [4.78, 5) is 23.5. The molecular weight excluding hydrogens is 351 g/mol. The van der Waals surface area contributed by atoms with E-state index < -0.39 is 23.5 Å². The zero-order valence-electron chi connectivity index (χ0n) is 15.8. The van der Waals surface area contributed by atoms with Crippen LogP contribution in [0, 0.1) is 5.82 Å². The third kappa shape index (κ3) is 5.20. The number of nitrogen functional groups attached to an aromatic ring is 1. The number of nitrogens with two attached hydrogens (primary N) is 1. The normalized spacial score (nSPS) is 11.0. The van der Waals surface area contributed by atoms with Crippen molar-refractivity contribution in [2.45, 2.75) is 32.9 Å². The van der Waals surface area contributed by atoms with E-state index in [9.17, 15) is 14.0 Å². The summed E-state index contributed by atoms with van der Waals surface area (Å²) in [5.41, 5.74) is 6.78. The summed E-state index contributed by atoms with van der Waals surface area (Å²) in [6.07, 6.45) is -0.571. The summed E-state index contributed by atoms with van der Waals surface area (Å²) in [6, 6.07) is 9.43. The molecule has 0 saturated heterocycles. The lowest BCUT2D eigenvalue weighted by molar-refractivity contribution is 0.0522. The molecule has 2 rings (SSSR count). The second-order valence-electron chi connectivity index (χ2n) is 6.92. The van der Waals surface area contributed by atoms with Crippen molar-refractivity contribution in [1.82, 2.24) is 5.32 Å². The molecule has 0 aliphatic rings. The fourth-order valence-corrected chi connectivity index (χ4v) is 2.50. The van der Waals surface area contributed by atoms with Gasteiger partial charge in [-0.05, 0) is 44.0 Å². The molecule has 0 unspecified atom stereocenters. The second-order valence-corrected chi connectivity index (χ2v) is 6.92. The number of hydrogen-bond acceptors (Lipinski definition) is 5. The Labute approximate surface area is 157 Å². The summed E-state index contributed by atoms with van der Waals surface area (Å²) in [5, 5.41) is 2.65. The molecule has 3 N–H and O–H groups in total. The minimum atomic E-state index is -0.710. The number of alkyl carbamates (subject to hydrolysis) is 1. The number of carbonyl (C=O) groups excluding carboxylic acids is 2. The molecule has 6 nitrogen and oxygen atoms in total. The number of halogens is 1. The number of ether oxygens (including phenoxy) is 2. The number of rotatable bonds is 4. The fourth-order valence-electron chi connectivity index (χ4n) is 2.50. The van der Waals surface area contributed by atoms with Gasteiger partial charge in [-0.1, -0.05) is 24.3 Å². The topological polar surface area (TPSA) is 90.6 Å². The molecule has 0 fully saturated rings. The Balaban J connectivity index is 2.31. The van der Waals surface area contributed by atoms with E-state index in [1.165, 1.54) is 13.2 Å². The zero-order chi connectivity index (χ0) is 20.2. The van der Waals surface area contributed by atoms with Crippen LogP contribution in [0.3, 0.4) is 0 Å². The van der Waals surface area contributed by atoms with Crippen molar-refractivity contribution in [3.63, 3.8) is 0 Å². The number of amides is 1. The lowest BCUT2D eigenvalue weighted by Gasteiger charge is -2.20. The molecule has 0 radical (unpaired) electrons. The molecule has 0 saturated carbocycles. The van der Waals surface area contributed by atoms with Crippen LogP contribution < -0.4 is 11.1 Å². The van der Waals surface area contributed by atoms with E-state index in [0.717, 1.165) is 6.07 Å². The largest absolute Gasteiger partial charge is 0.465 e. The third-order valence-electron chi connectivity index (χ3n) is 3.67. The van der Waals surface area contributed by atoms with E-state index in [-0.39, 0.29) is 23.4 Å². The Kier molecular flexibility index (Phi) is 6.05. The number of esters is 1. The third-order valence-corrected chi connectivity index (χ3v) is 3.67. The molecular formula is C20H23FN2O4. The van der Waals surface area contributed by atoms with E-state index in [1.807, 2.05) is 0 Å². The standard InChI is InChI=1S/C20H23FN2O4/c1-20(2,3)27-19(25)23-11-12-7-5-6-8-13(12)14-10-17(22)15(9-16(14)21)18(24)26-4/h5-10H,11,22H2,1-4H3,(H,23,25). The van der Waals surface area contributed by atoms with E-state index in [1.54, 1.807) is 45.0 Å². The van der Waals surface area contributed by atoms with Crippen LogP contribution in [-0.4, -0.2) is 24.8 Å². The fraction of sp³-hybridized carbons (Fsp3) is 0.300. The van der Waals surface area contributed by atoms with Crippen LogP contribution in [0.2, 0.25) is 0 Å². The molecule has 2 aromatic rings. The number of carbonyl (C=O) groups is 2. The van der Waals surface area contributed by atoms with Crippen molar-refractivity contribution in [3.05, 3.63) is 53.3 Å². The average molecular weight is 374 g/mol. The van der Waals surface area contributed by atoms with Crippen LogP contribution >= 0.6 is 0 Å². The maximum atomic E-state index is 14.6. The van der Waals surface area contributed by atoms with Gasteiger partial charge in [0.25, 0.3) is 0 Å². The van der Waals surface area contributed by atoms with Crippen molar-refractivity contribution in [2.75, 3.05) is 12.8 Å². The summed E-state index contributed by atoms with van der Waals surface area (Å²) in [6.45, 7) is 5.44. The van der Waals surface area contributed by atoms with Crippen molar-refractivity contribution in [2.24, 2.45) is 0 Å². The van der Waals surface area contributed by atoms with E-state index >= 15 is 0 Å². The maximum Gasteiger partial charge on any atom is 0.407 e. The van der Waals surface area contributed by atoms with Gasteiger partial charge >= 0.3 is 12.1 Å². The molecule has 0 aromatic heterocycles. The van der Waals surface area contributed by atoms with E-state index in [0.29, 0.717) is 11.1 Å². The molecule has 144 valence electrons. The monoisotopic (exact) mass is 374 g/mol. The van der Waals surface area contributed by atoms with Gasteiger partial charge in [0.15, 0.2) is 0 Å². The minimum absolute atomic E-state index is 0.0388. The number of hydrogen-bond donors (Lipinski definition) is 2. The van der Waals surface area contributed by atoms with Crippen LogP contribution in [0.4, 0.5) is 14.9 Å². The average Bonchev–Trinajstić information content (AvgIpc) is 2.59. The predicted octanol–water partition coefficient (Wildman–Crippen LogP) is 3.89. The first-order valence-electron chi connectivity index (χ1n) is 8.35. The first-order chi connectivity index (χ1) is 12.6. The summed E-state index contributed by atoms with van der Waals surface area (Å²) < 4.78 is 24.4. The predicted molar refractivity (Wildman–Crippen MR) is 101 cm³/mol. The highest BCUT2D eigenvalue weighted by Crippen LogP contribution is 2.30. The number of methoxy groups -OCH3 is 1. The first kappa shape index (κ1) is 20.2. The summed E-state index contributed by atoms with van der Waals surface area (Å²) in [5.74, 6) is -1.33. The minimum Gasteiger partial charge on any atom is -0.465 e. The Bertz CT molecular complexity index is 860. The van der Waals surface area contributed by atoms with Gasteiger partial charge in [-0.2, -0.15) is 0 Å². The Morgan fingerprint density at radius 2 is 1.81 bits per heavy atom. The first-order valence-corrected chi connectivity index (χ1v) is 8.35. The van der Waals surface area contributed by atoms with Gasteiger partial charge < -0.3 is 20.5 Å². The Morgan fingerprint density at radius 1 is 1.15 bits per heavy atom. The molecule has 27 heavy (non-hydrogen) atoms. The van der Waals surface area contributed by atoms with Gasteiger partial charge in [0, 0.05) is 17.8 Å². The Morgan fingerprint density at radius 3 is 2.44 bits per heavy atom. The Hall–Kier alpha value is -3.09. The molecule has 1 amide bonds. The molecule has 7 heteroatoms. The molecule has 0 heterocycles. The highest BCUT2D eigenvalue weighted by Gasteiger charge is 2.19. The van der Waals surface area contributed by atoms with Crippen LogP contribution in [0.5, 0.6) is 0 Å². The molecule has 0 aliphatic carbocycles. The molecule has 2 aromatic carbocycles. The lowest BCUT2D eigenvalue weighted by atomic mass is 9.97. The van der Waals surface area contributed by atoms with Crippen molar-refractivity contribution in [1.29, 1.82) is 0 Å². The quantitative estimate of drug-likeness (QED) is 0.626. The smallest absolute Gasteiger partial charge is 0.407 e. The lowest BCUT2D eigenvalue weighted by Crippen LogP contribution is -2.32. The molecule has 0 atom stereocenters. The maximum absolute atomic E-state index is 14.6. The summed E-state index contributed by atoms with van der Waals surface area (Å²) >= 11 is 0. The van der Waals surface area contributed by atoms with Crippen molar-refractivity contribution < 1.29 is 23.5 Å². The van der Waals surface area contributed by atoms with Crippen LogP contribution in [0.15, 0.2) is 36.4 Å². The SMILES string of the molecule is COC(=O)c1cc(F)c(-c2ccccc2CNC(=O)OC(C)(C)C)cc1N. The van der Waals surface area contributed by atoms with Gasteiger partial charge in [0.2, 0.25) is 0 Å². The highest BCUT2D eigenvalue weighted by molar-refractivity contribution is 5.96. The van der Waals surface area contributed by atoms with Crippen LogP contribution in [0.1, 0.15) is 36.7 Å². The summed E-state index contributed by atoms with van der Waals surface area (Å²) in [7, 11) is 1.20.